The smallest absolute Gasteiger partial charge is 0.252 e. The molecule has 222 valence electrons. The predicted octanol–water partition coefficient (Wildman–Crippen LogP) is 6.95. The van der Waals surface area contributed by atoms with Gasteiger partial charge in [-0.25, -0.2) is 4.98 Å². The fourth-order valence-electron chi connectivity index (χ4n) is 7.44. The lowest BCUT2D eigenvalue weighted by Gasteiger charge is -2.41. The van der Waals surface area contributed by atoms with Gasteiger partial charge >= 0.3 is 0 Å². The van der Waals surface area contributed by atoms with Gasteiger partial charge in [-0.1, -0.05) is 25.0 Å². The van der Waals surface area contributed by atoms with E-state index in [0.29, 0.717) is 23.3 Å². The van der Waals surface area contributed by atoms with Crippen molar-refractivity contribution < 1.29 is 9.21 Å². The van der Waals surface area contributed by atoms with E-state index in [0.717, 1.165) is 58.6 Å². The number of rotatable bonds is 6. The van der Waals surface area contributed by atoms with Gasteiger partial charge in [-0.2, -0.15) is 0 Å². The number of hydrogen-bond acceptors (Lipinski definition) is 6. The second-order valence-electron chi connectivity index (χ2n) is 12.5. The molecule has 4 aromatic heterocycles. The minimum Gasteiger partial charge on any atom is -0.421 e. The number of nitrogens with zero attached hydrogens (tertiary/aromatic N) is 6. The molecule has 2 aliphatic carbocycles. The number of imidazole rings is 1. The molecule has 44 heavy (non-hydrogen) atoms. The Morgan fingerprint density at radius 2 is 1.80 bits per heavy atom. The van der Waals surface area contributed by atoms with E-state index >= 15 is 0 Å². The second kappa shape index (κ2) is 10.1. The average molecular weight is 586 g/mol. The van der Waals surface area contributed by atoms with E-state index in [1.165, 1.54) is 36.6 Å². The lowest BCUT2D eigenvalue weighted by molar-refractivity contribution is 0.0805. The standard InChI is InChI=1S/C35H35N7O2/c1-21-39-40-33(44-21)24-13-15-26-29(20-24)42(3)34(37-26)35(16-8-17-35)38-32(43)23-12-14-25-28(19-23)41(2)31(27-11-6-7-18-36-27)30(25)22-9-4-5-10-22/h6-7,11-15,18-20,22H,4-5,8-10,16-17H2,1-3H3,(H,38,43). The molecule has 0 radical (unpaired) electrons. The normalized spacial score (nSPS) is 16.5. The summed E-state index contributed by atoms with van der Waals surface area (Å²) in [6, 6.07) is 18.2. The highest BCUT2D eigenvalue weighted by atomic mass is 16.4. The summed E-state index contributed by atoms with van der Waals surface area (Å²) in [6.07, 6.45) is 9.47. The highest BCUT2D eigenvalue weighted by Gasteiger charge is 2.44. The third-order valence-corrected chi connectivity index (χ3v) is 9.81. The van der Waals surface area contributed by atoms with Crippen LogP contribution >= 0.6 is 0 Å². The Labute approximate surface area is 255 Å². The van der Waals surface area contributed by atoms with E-state index in [2.05, 4.69) is 49.9 Å². The number of nitrogens with one attached hydrogen (secondary N) is 1. The molecule has 0 unspecified atom stereocenters. The zero-order valence-electron chi connectivity index (χ0n) is 25.3. The summed E-state index contributed by atoms with van der Waals surface area (Å²) in [7, 11) is 4.11. The second-order valence-corrected chi connectivity index (χ2v) is 12.5. The number of carbonyl (C=O) groups excluding carboxylic acids is 1. The van der Waals surface area contributed by atoms with Crippen molar-refractivity contribution in [2.75, 3.05) is 0 Å². The number of benzene rings is 2. The molecule has 9 heteroatoms. The van der Waals surface area contributed by atoms with E-state index in [1.807, 2.05) is 49.6 Å². The summed E-state index contributed by atoms with van der Waals surface area (Å²) in [4.78, 5) is 23.7. The van der Waals surface area contributed by atoms with Crippen molar-refractivity contribution in [1.29, 1.82) is 0 Å². The molecule has 6 aromatic rings. The average Bonchev–Trinajstić information content (AvgIpc) is 3.82. The van der Waals surface area contributed by atoms with Crippen molar-refractivity contribution in [1.82, 2.24) is 34.6 Å². The van der Waals surface area contributed by atoms with E-state index < -0.39 is 5.54 Å². The van der Waals surface area contributed by atoms with Crippen LogP contribution in [0.4, 0.5) is 0 Å². The fourth-order valence-corrected chi connectivity index (χ4v) is 7.44. The van der Waals surface area contributed by atoms with Gasteiger partial charge in [-0.3, -0.25) is 9.78 Å². The first-order chi connectivity index (χ1) is 21.4. The van der Waals surface area contributed by atoms with Crippen molar-refractivity contribution in [2.45, 2.75) is 63.3 Å². The number of carbonyl (C=O) groups is 1. The Balaban J connectivity index is 1.15. The number of fused-ring (bicyclic) bond motifs is 2. The molecular formula is C35H35N7O2. The van der Waals surface area contributed by atoms with Gasteiger partial charge in [0, 0.05) is 49.2 Å². The minimum absolute atomic E-state index is 0.0799. The summed E-state index contributed by atoms with van der Waals surface area (Å²) >= 11 is 0. The Morgan fingerprint density at radius 1 is 0.955 bits per heavy atom. The summed E-state index contributed by atoms with van der Waals surface area (Å²) in [5, 5.41) is 12.8. The Hall–Kier alpha value is -4.79. The largest absolute Gasteiger partial charge is 0.421 e. The van der Waals surface area contributed by atoms with Crippen LogP contribution < -0.4 is 5.32 Å². The fraction of sp³-hybridized carbons (Fsp3) is 0.343. The lowest BCUT2D eigenvalue weighted by Crippen LogP contribution is -2.52. The van der Waals surface area contributed by atoms with Crippen molar-refractivity contribution in [3.63, 3.8) is 0 Å². The molecule has 9 nitrogen and oxygen atoms in total. The third kappa shape index (κ3) is 4.17. The first-order valence-electron chi connectivity index (χ1n) is 15.6. The molecule has 0 spiro atoms. The first-order valence-corrected chi connectivity index (χ1v) is 15.6. The number of hydrogen-bond donors (Lipinski definition) is 1. The summed E-state index contributed by atoms with van der Waals surface area (Å²) < 4.78 is 9.98. The molecule has 8 rings (SSSR count). The molecule has 1 amide bonds. The van der Waals surface area contributed by atoms with E-state index in [9.17, 15) is 4.79 Å². The van der Waals surface area contributed by atoms with Crippen molar-refractivity contribution in [2.24, 2.45) is 14.1 Å². The minimum atomic E-state index is -0.524. The number of pyridine rings is 1. The van der Waals surface area contributed by atoms with Crippen LogP contribution in [0.15, 0.2) is 65.2 Å². The van der Waals surface area contributed by atoms with Crippen LogP contribution in [-0.4, -0.2) is 35.2 Å². The van der Waals surface area contributed by atoms with Gasteiger partial charge in [0.1, 0.15) is 5.82 Å². The van der Waals surface area contributed by atoms with E-state index in [4.69, 9.17) is 14.4 Å². The van der Waals surface area contributed by atoms with E-state index in [1.54, 1.807) is 6.92 Å². The van der Waals surface area contributed by atoms with Gasteiger partial charge in [0.05, 0.1) is 28.0 Å². The van der Waals surface area contributed by atoms with Crippen molar-refractivity contribution >= 4 is 27.8 Å². The van der Waals surface area contributed by atoms with Crippen LogP contribution in [0.1, 0.15) is 78.5 Å². The van der Waals surface area contributed by atoms with Gasteiger partial charge in [-0.05, 0) is 86.1 Å². The number of aromatic nitrogens is 6. The molecule has 2 fully saturated rings. The van der Waals surface area contributed by atoms with Gasteiger partial charge in [0.15, 0.2) is 0 Å². The van der Waals surface area contributed by atoms with Gasteiger partial charge in [-0.15, -0.1) is 10.2 Å². The molecule has 1 N–H and O–H groups in total. The molecule has 0 atom stereocenters. The van der Waals surface area contributed by atoms with Gasteiger partial charge in [0.25, 0.3) is 5.91 Å². The van der Waals surface area contributed by atoms with Gasteiger partial charge in [0.2, 0.25) is 11.8 Å². The van der Waals surface area contributed by atoms with Crippen LogP contribution in [0.25, 0.3) is 44.8 Å². The Morgan fingerprint density at radius 3 is 2.50 bits per heavy atom. The van der Waals surface area contributed by atoms with Crippen LogP contribution in [0.3, 0.4) is 0 Å². The topological polar surface area (TPSA) is 104 Å². The molecule has 0 aliphatic heterocycles. The molecule has 0 saturated heterocycles. The SMILES string of the molecule is Cc1nnc(-c2ccc3nc(C4(NC(=O)c5ccc6c(C7CCCC7)c(-c7ccccn7)n(C)c6c5)CCC4)n(C)c3c2)o1. The highest BCUT2D eigenvalue weighted by molar-refractivity contribution is 6.01. The van der Waals surface area contributed by atoms with Crippen LogP contribution in [0, 0.1) is 6.92 Å². The maximum Gasteiger partial charge on any atom is 0.252 e. The summed E-state index contributed by atoms with van der Waals surface area (Å²) in [6.45, 7) is 1.78. The molecule has 4 heterocycles. The van der Waals surface area contributed by atoms with Crippen molar-refractivity contribution in [3.8, 4) is 22.8 Å². The quantitative estimate of drug-likeness (QED) is 0.227. The third-order valence-electron chi connectivity index (χ3n) is 9.81. The summed E-state index contributed by atoms with van der Waals surface area (Å²) in [5.74, 6) is 2.31. The highest BCUT2D eigenvalue weighted by Crippen LogP contribution is 2.45. The summed E-state index contributed by atoms with van der Waals surface area (Å²) in [5.41, 5.74) is 7.38. The Bertz CT molecular complexity index is 2040. The van der Waals surface area contributed by atoms with Crippen molar-refractivity contribution in [3.05, 3.63) is 83.6 Å². The zero-order chi connectivity index (χ0) is 30.0. The molecule has 2 aromatic carbocycles. The Kier molecular flexibility index (Phi) is 6.18. The first kappa shape index (κ1) is 26.8. The molecule has 2 aliphatic rings. The zero-order valence-corrected chi connectivity index (χ0v) is 25.3. The van der Waals surface area contributed by atoms with E-state index in [-0.39, 0.29) is 5.91 Å². The molecule has 2 saturated carbocycles. The monoisotopic (exact) mass is 585 g/mol. The maximum absolute atomic E-state index is 14.0. The lowest BCUT2D eigenvalue weighted by atomic mass is 9.75. The predicted molar refractivity (Wildman–Crippen MR) is 169 cm³/mol. The molecular weight excluding hydrogens is 550 g/mol. The number of aryl methyl sites for hydroxylation is 3. The maximum atomic E-state index is 14.0. The van der Waals surface area contributed by atoms with Crippen LogP contribution in [-0.2, 0) is 19.6 Å². The van der Waals surface area contributed by atoms with Crippen LogP contribution in [0.5, 0.6) is 0 Å². The molecule has 0 bridgehead atoms. The van der Waals surface area contributed by atoms with Crippen LogP contribution in [0.2, 0.25) is 0 Å². The van der Waals surface area contributed by atoms with Gasteiger partial charge < -0.3 is 18.9 Å². The number of amides is 1.